The van der Waals surface area contributed by atoms with Crippen molar-refractivity contribution in [1.82, 2.24) is 10.2 Å². The van der Waals surface area contributed by atoms with Gasteiger partial charge in [-0.25, -0.2) is 0 Å². The number of amides is 2. The molecule has 26 heavy (non-hydrogen) atoms. The number of methoxy groups -OCH3 is 1. The molecule has 2 rings (SSSR count). The third-order valence-electron chi connectivity index (χ3n) is 4.07. The maximum absolute atomic E-state index is 12.3. The Morgan fingerprint density at radius 1 is 1.35 bits per heavy atom. The van der Waals surface area contributed by atoms with Crippen molar-refractivity contribution in [2.45, 2.75) is 32.0 Å². The van der Waals surface area contributed by atoms with Gasteiger partial charge >= 0.3 is 6.18 Å². The molecular formula is C17H21F3N2O4. The highest BCUT2D eigenvalue weighted by Crippen LogP contribution is 2.30. The minimum absolute atomic E-state index is 0.0128. The summed E-state index contributed by atoms with van der Waals surface area (Å²) >= 11 is 0. The van der Waals surface area contributed by atoms with Gasteiger partial charge in [0.1, 0.15) is 6.04 Å². The van der Waals surface area contributed by atoms with Gasteiger partial charge in [-0.2, -0.15) is 13.2 Å². The summed E-state index contributed by atoms with van der Waals surface area (Å²) in [6.45, 7) is 1.14. The third kappa shape index (κ3) is 5.27. The second-order valence-electron chi connectivity index (χ2n) is 5.94. The smallest absolute Gasteiger partial charge is 0.422 e. The normalized spacial score (nSPS) is 17.7. The van der Waals surface area contributed by atoms with Crippen molar-refractivity contribution in [3.63, 3.8) is 0 Å². The Bertz CT molecular complexity index is 664. The number of aryl methyl sites for hydroxylation is 1. The van der Waals surface area contributed by atoms with Crippen LogP contribution in [0.15, 0.2) is 18.2 Å². The number of nitrogens with one attached hydrogen (secondary N) is 1. The summed E-state index contributed by atoms with van der Waals surface area (Å²) in [5.41, 5.74) is 0.726. The van der Waals surface area contributed by atoms with E-state index in [0.29, 0.717) is 19.5 Å². The molecule has 1 aliphatic heterocycles. The lowest BCUT2D eigenvalue weighted by Crippen LogP contribution is -2.55. The fraction of sp³-hybridized carbons (Fsp3) is 0.529. The van der Waals surface area contributed by atoms with Crippen molar-refractivity contribution < 1.29 is 32.2 Å². The van der Waals surface area contributed by atoms with Crippen LogP contribution in [-0.4, -0.2) is 55.7 Å². The van der Waals surface area contributed by atoms with E-state index in [-0.39, 0.29) is 29.7 Å². The summed E-state index contributed by atoms with van der Waals surface area (Å²) in [5.74, 6) is -0.174. The minimum Gasteiger partial charge on any atom is -0.493 e. The van der Waals surface area contributed by atoms with Gasteiger partial charge in [0.05, 0.1) is 7.11 Å². The van der Waals surface area contributed by atoms with Gasteiger partial charge in [0.25, 0.3) is 0 Å². The number of nitrogens with zero attached hydrogens (tertiary/aromatic N) is 1. The Hall–Kier alpha value is -2.45. The number of carbonyl (C=O) groups is 2. The number of piperazine rings is 1. The Morgan fingerprint density at radius 2 is 2.08 bits per heavy atom. The Morgan fingerprint density at radius 3 is 2.73 bits per heavy atom. The minimum atomic E-state index is -4.44. The first-order valence-electron chi connectivity index (χ1n) is 8.15. The summed E-state index contributed by atoms with van der Waals surface area (Å²) in [4.78, 5) is 25.5. The van der Waals surface area contributed by atoms with Gasteiger partial charge in [-0.05, 0) is 31.0 Å². The molecular weight excluding hydrogens is 353 g/mol. The first kappa shape index (κ1) is 19.9. The quantitative estimate of drug-likeness (QED) is 0.826. The van der Waals surface area contributed by atoms with E-state index in [9.17, 15) is 22.8 Å². The molecule has 1 N–H and O–H groups in total. The van der Waals surface area contributed by atoms with E-state index < -0.39 is 18.8 Å². The summed E-state index contributed by atoms with van der Waals surface area (Å²) in [5, 5.41) is 2.69. The molecule has 1 fully saturated rings. The van der Waals surface area contributed by atoms with E-state index in [4.69, 9.17) is 9.47 Å². The number of halogens is 3. The second-order valence-corrected chi connectivity index (χ2v) is 5.94. The van der Waals surface area contributed by atoms with Crippen LogP contribution in [0.2, 0.25) is 0 Å². The number of alkyl halides is 3. The summed E-state index contributed by atoms with van der Waals surface area (Å²) in [7, 11) is 1.33. The molecule has 1 aromatic carbocycles. The van der Waals surface area contributed by atoms with Crippen LogP contribution in [0.5, 0.6) is 11.5 Å². The lowest BCUT2D eigenvalue weighted by Gasteiger charge is -2.32. The molecule has 1 unspecified atom stereocenters. The molecule has 2 amide bonds. The zero-order chi connectivity index (χ0) is 19.3. The maximum Gasteiger partial charge on any atom is 0.422 e. The SMILES string of the molecule is COc1cc(CCC(=O)N2CCNC(=O)C2C)ccc1OCC(F)(F)F. The molecule has 9 heteroatoms. The van der Waals surface area contributed by atoms with E-state index in [0.717, 1.165) is 5.56 Å². The van der Waals surface area contributed by atoms with Gasteiger partial charge in [0, 0.05) is 19.5 Å². The molecule has 0 aliphatic carbocycles. The third-order valence-corrected chi connectivity index (χ3v) is 4.07. The zero-order valence-electron chi connectivity index (χ0n) is 14.6. The fourth-order valence-corrected chi connectivity index (χ4v) is 2.66. The molecule has 0 aromatic heterocycles. The number of hydrogen-bond donors (Lipinski definition) is 1. The molecule has 1 aromatic rings. The van der Waals surface area contributed by atoms with E-state index in [1.54, 1.807) is 19.1 Å². The standard InChI is InChI=1S/C17H21F3N2O4/c1-11-16(24)21-7-8-22(11)15(23)6-4-12-3-5-13(14(9-12)25-2)26-10-17(18,19)20/h3,5,9,11H,4,6-8,10H2,1-2H3,(H,21,24). The molecule has 0 bridgehead atoms. The topological polar surface area (TPSA) is 67.9 Å². The fourth-order valence-electron chi connectivity index (χ4n) is 2.66. The highest BCUT2D eigenvalue weighted by Gasteiger charge is 2.30. The van der Waals surface area contributed by atoms with Crippen LogP contribution in [0.1, 0.15) is 18.9 Å². The van der Waals surface area contributed by atoms with Gasteiger partial charge in [0.15, 0.2) is 18.1 Å². The maximum atomic E-state index is 12.3. The summed E-state index contributed by atoms with van der Waals surface area (Å²) < 4.78 is 46.6. The second kappa shape index (κ2) is 8.29. The van der Waals surface area contributed by atoms with Crippen LogP contribution < -0.4 is 14.8 Å². The van der Waals surface area contributed by atoms with Gasteiger partial charge in [-0.3, -0.25) is 9.59 Å². The molecule has 0 saturated carbocycles. The van der Waals surface area contributed by atoms with Crippen molar-refractivity contribution in [2.24, 2.45) is 0 Å². The van der Waals surface area contributed by atoms with E-state index in [1.807, 2.05) is 0 Å². The lowest BCUT2D eigenvalue weighted by molar-refractivity contribution is -0.153. The van der Waals surface area contributed by atoms with Gasteiger partial charge in [0.2, 0.25) is 11.8 Å². The van der Waals surface area contributed by atoms with Crippen molar-refractivity contribution in [2.75, 3.05) is 26.8 Å². The zero-order valence-corrected chi connectivity index (χ0v) is 14.6. The van der Waals surface area contributed by atoms with Crippen molar-refractivity contribution in [3.05, 3.63) is 23.8 Å². The summed E-state index contributed by atoms with van der Waals surface area (Å²) in [6.07, 6.45) is -3.88. The molecule has 0 spiro atoms. The molecule has 1 saturated heterocycles. The molecule has 1 aliphatic rings. The number of ether oxygens (including phenoxy) is 2. The van der Waals surface area contributed by atoms with E-state index in [1.165, 1.54) is 18.1 Å². The molecule has 6 nitrogen and oxygen atoms in total. The van der Waals surface area contributed by atoms with Crippen LogP contribution >= 0.6 is 0 Å². The monoisotopic (exact) mass is 374 g/mol. The van der Waals surface area contributed by atoms with Gasteiger partial charge in [-0.15, -0.1) is 0 Å². The largest absolute Gasteiger partial charge is 0.493 e. The average Bonchev–Trinajstić information content (AvgIpc) is 2.59. The first-order chi connectivity index (χ1) is 12.2. The number of carbonyl (C=O) groups excluding carboxylic acids is 2. The van der Waals surface area contributed by atoms with Gasteiger partial charge < -0.3 is 19.7 Å². The Kier molecular flexibility index (Phi) is 6.33. The van der Waals surface area contributed by atoms with Crippen molar-refractivity contribution in [3.8, 4) is 11.5 Å². The Labute approximate surface area is 149 Å². The summed E-state index contributed by atoms with van der Waals surface area (Å²) in [6, 6.07) is 4.02. The predicted molar refractivity (Wildman–Crippen MR) is 87.0 cm³/mol. The lowest BCUT2D eigenvalue weighted by atomic mass is 10.1. The average molecular weight is 374 g/mol. The van der Waals surface area contributed by atoms with Crippen LogP contribution in [-0.2, 0) is 16.0 Å². The molecule has 0 radical (unpaired) electrons. The number of benzene rings is 1. The van der Waals surface area contributed by atoms with Gasteiger partial charge in [-0.1, -0.05) is 6.07 Å². The molecule has 144 valence electrons. The van der Waals surface area contributed by atoms with Crippen LogP contribution in [0.4, 0.5) is 13.2 Å². The Balaban J connectivity index is 1.97. The van der Waals surface area contributed by atoms with E-state index >= 15 is 0 Å². The first-order valence-corrected chi connectivity index (χ1v) is 8.15. The molecule has 1 atom stereocenters. The van der Waals surface area contributed by atoms with Crippen LogP contribution in [0.3, 0.4) is 0 Å². The van der Waals surface area contributed by atoms with Crippen molar-refractivity contribution in [1.29, 1.82) is 0 Å². The molecule has 1 heterocycles. The number of rotatable bonds is 6. The van der Waals surface area contributed by atoms with Crippen LogP contribution in [0.25, 0.3) is 0 Å². The predicted octanol–water partition coefficient (Wildman–Crippen LogP) is 1.92. The highest BCUT2D eigenvalue weighted by atomic mass is 19.4. The van der Waals surface area contributed by atoms with Crippen molar-refractivity contribution >= 4 is 11.8 Å². The van der Waals surface area contributed by atoms with E-state index in [2.05, 4.69) is 5.32 Å². The van der Waals surface area contributed by atoms with Crippen LogP contribution in [0, 0.1) is 0 Å². The number of hydrogen-bond acceptors (Lipinski definition) is 4. The highest BCUT2D eigenvalue weighted by molar-refractivity contribution is 5.88.